The highest BCUT2D eigenvalue weighted by Gasteiger charge is 2.19. The van der Waals surface area contributed by atoms with Crippen LogP contribution in [0.15, 0.2) is 18.2 Å². The molecule has 2 rings (SSSR count). The van der Waals surface area contributed by atoms with Crippen molar-refractivity contribution in [3.8, 4) is 0 Å². The van der Waals surface area contributed by atoms with Crippen molar-refractivity contribution >= 4 is 0 Å². The molecule has 0 saturated carbocycles. The molecule has 2 unspecified atom stereocenters. The maximum atomic E-state index is 3.41. The van der Waals surface area contributed by atoms with Crippen LogP contribution in [0.1, 0.15) is 49.9 Å². The van der Waals surface area contributed by atoms with Crippen molar-refractivity contribution in [2.45, 2.75) is 52.1 Å². The Kier molecular flexibility index (Phi) is 5.00. The molecule has 19 heavy (non-hydrogen) atoms. The van der Waals surface area contributed by atoms with Gasteiger partial charge >= 0.3 is 0 Å². The molecule has 2 heteroatoms. The fourth-order valence-corrected chi connectivity index (χ4v) is 3.26. The van der Waals surface area contributed by atoms with E-state index < -0.39 is 0 Å². The zero-order valence-corrected chi connectivity index (χ0v) is 12.9. The van der Waals surface area contributed by atoms with E-state index in [1.807, 2.05) is 0 Å². The lowest BCUT2D eigenvalue weighted by Gasteiger charge is -2.29. The van der Waals surface area contributed by atoms with Gasteiger partial charge in [-0.15, -0.1) is 0 Å². The van der Waals surface area contributed by atoms with Crippen molar-refractivity contribution < 1.29 is 0 Å². The molecule has 2 atom stereocenters. The molecule has 0 aliphatic heterocycles. The van der Waals surface area contributed by atoms with E-state index in [1.54, 1.807) is 11.1 Å². The average molecular weight is 260 g/mol. The lowest BCUT2D eigenvalue weighted by Crippen LogP contribution is -2.32. The lowest BCUT2D eigenvalue weighted by molar-refractivity contribution is 0.234. The largest absolute Gasteiger partial charge is 0.317 e. The van der Waals surface area contributed by atoms with E-state index in [0.29, 0.717) is 12.1 Å². The summed E-state index contributed by atoms with van der Waals surface area (Å²) in [5.41, 5.74) is 4.59. The number of hydrogen-bond acceptors (Lipinski definition) is 2. The maximum absolute atomic E-state index is 3.41. The quantitative estimate of drug-likeness (QED) is 0.875. The normalized spacial score (nSPS) is 20.4. The van der Waals surface area contributed by atoms with E-state index in [-0.39, 0.29) is 0 Å². The molecular weight excluding hydrogens is 232 g/mol. The Balaban J connectivity index is 2.17. The van der Waals surface area contributed by atoms with Gasteiger partial charge in [-0.2, -0.15) is 0 Å². The number of nitrogens with one attached hydrogen (secondary N) is 1. The molecule has 0 aromatic heterocycles. The highest BCUT2D eigenvalue weighted by atomic mass is 15.1. The zero-order valence-electron chi connectivity index (χ0n) is 12.9. The van der Waals surface area contributed by atoms with E-state index in [0.717, 1.165) is 13.1 Å². The van der Waals surface area contributed by atoms with Gasteiger partial charge in [0.1, 0.15) is 0 Å². The number of hydrogen-bond donors (Lipinski definition) is 1. The second-order valence-corrected chi connectivity index (χ2v) is 5.65. The van der Waals surface area contributed by atoms with Crippen LogP contribution in [0.2, 0.25) is 0 Å². The lowest BCUT2D eigenvalue weighted by atomic mass is 9.86. The van der Waals surface area contributed by atoms with Crippen LogP contribution in [-0.4, -0.2) is 31.1 Å². The maximum Gasteiger partial charge on any atom is 0.0319 e. The van der Waals surface area contributed by atoms with Crippen LogP contribution in [0.3, 0.4) is 0 Å². The molecule has 0 amide bonds. The highest BCUT2D eigenvalue weighted by molar-refractivity contribution is 5.36. The van der Waals surface area contributed by atoms with Gasteiger partial charge in [0.25, 0.3) is 0 Å². The minimum absolute atomic E-state index is 0.530. The molecule has 1 aliphatic carbocycles. The molecule has 0 fully saturated rings. The first-order chi connectivity index (χ1) is 9.19. The summed E-state index contributed by atoms with van der Waals surface area (Å²) in [7, 11) is 2.08. The van der Waals surface area contributed by atoms with Gasteiger partial charge in [0, 0.05) is 12.1 Å². The third-order valence-electron chi connectivity index (χ3n) is 4.71. The molecule has 1 aromatic carbocycles. The molecule has 0 radical (unpaired) electrons. The van der Waals surface area contributed by atoms with E-state index >= 15 is 0 Å². The highest BCUT2D eigenvalue weighted by Crippen LogP contribution is 2.27. The average Bonchev–Trinajstić information content (AvgIpc) is 2.47. The second-order valence-electron chi connectivity index (χ2n) is 5.65. The summed E-state index contributed by atoms with van der Waals surface area (Å²) in [5, 5.41) is 3.41. The SMILES string of the molecule is CCN(CC)C(C)c1ccc2c(c1)CCC(NC)C2. The van der Waals surface area contributed by atoms with Gasteiger partial charge in [0.2, 0.25) is 0 Å². The smallest absolute Gasteiger partial charge is 0.0319 e. The summed E-state index contributed by atoms with van der Waals surface area (Å²) in [4.78, 5) is 2.51. The van der Waals surface area contributed by atoms with Gasteiger partial charge in [0.05, 0.1) is 0 Å². The molecule has 0 bridgehead atoms. The van der Waals surface area contributed by atoms with Crippen molar-refractivity contribution in [2.24, 2.45) is 0 Å². The fraction of sp³-hybridized carbons (Fsp3) is 0.647. The summed E-state index contributed by atoms with van der Waals surface area (Å²) in [6.07, 6.45) is 3.68. The van der Waals surface area contributed by atoms with Crippen molar-refractivity contribution in [3.63, 3.8) is 0 Å². The van der Waals surface area contributed by atoms with Gasteiger partial charge in [-0.1, -0.05) is 32.0 Å². The van der Waals surface area contributed by atoms with Crippen LogP contribution in [0, 0.1) is 0 Å². The van der Waals surface area contributed by atoms with Crippen LogP contribution in [0.4, 0.5) is 0 Å². The molecule has 2 nitrogen and oxygen atoms in total. The van der Waals surface area contributed by atoms with Crippen LogP contribution < -0.4 is 5.32 Å². The molecule has 1 N–H and O–H groups in total. The molecule has 1 aliphatic rings. The predicted molar refractivity (Wildman–Crippen MR) is 82.7 cm³/mol. The fourth-order valence-electron chi connectivity index (χ4n) is 3.26. The second kappa shape index (κ2) is 6.53. The van der Waals surface area contributed by atoms with E-state index in [1.165, 1.54) is 24.8 Å². The number of rotatable bonds is 5. The van der Waals surface area contributed by atoms with Gasteiger partial charge in [-0.3, -0.25) is 4.90 Å². The summed E-state index contributed by atoms with van der Waals surface area (Å²) in [6, 6.07) is 8.33. The Hall–Kier alpha value is -0.860. The molecule has 0 heterocycles. The van der Waals surface area contributed by atoms with E-state index in [4.69, 9.17) is 0 Å². The predicted octanol–water partition coefficient (Wildman–Crippen LogP) is 3.17. The standard InChI is InChI=1S/C17H28N2/c1-5-19(6-2)13(3)14-7-8-16-12-17(18-4)10-9-15(16)11-14/h7-8,11,13,17-18H,5-6,9-10,12H2,1-4H3. The van der Waals surface area contributed by atoms with Crippen LogP contribution in [-0.2, 0) is 12.8 Å². The minimum atomic E-state index is 0.530. The number of benzene rings is 1. The summed E-state index contributed by atoms with van der Waals surface area (Å²) in [6.45, 7) is 9.06. The van der Waals surface area contributed by atoms with Crippen LogP contribution in [0.5, 0.6) is 0 Å². The first-order valence-electron chi connectivity index (χ1n) is 7.72. The van der Waals surface area contributed by atoms with Crippen molar-refractivity contribution in [2.75, 3.05) is 20.1 Å². The number of fused-ring (bicyclic) bond motifs is 1. The van der Waals surface area contributed by atoms with Crippen LogP contribution in [0.25, 0.3) is 0 Å². The Labute approximate surface area is 118 Å². The molecule has 106 valence electrons. The van der Waals surface area contributed by atoms with Crippen molar-refractivity contribution in [1.29, 1.82) is 0 Å². The van der Waals surface area contributed by atoms with Gasteiger partial charge in [0.15, 0.2) is 0 Å². The van der Waals surface area contributed by atoms with Crippen molar-refractivity contribution in [1.82, 2.24) is 10.2 Å². The summed E-state index contributed by atoms with van der Waals surface area (Å²) >= 11 is 0. The number of aryl methyl sites for hydroxylation is 1. The number of likely N-dealkylation sites (N-methyl/N-ethyl adjacent to an activating group) is 1. The Morgan fingerprint density at radius 3 is 2.63 bits per heavy atom. The van der Waals surface area contributed by atoms with Crippen LogP contribution >= 0.6 is 0 Å². The summed E-state index contributed by atoms with van der Waals surface area (Å²) in [5.74, 6) is 0. The van der Waals surface area contributed by atoms with E-state index in [2.05, 4.69) is 56.2 Å². The molecule has 0 spiro atoms. The zero-order chi connectivity index (χ0) is 13.8. The Morgan fingerprint density at radius 1 is 1.26 bits per heavy atom. The topological polar surface area (TPSA) is 15.3 Å². The monoisotopic (exact) mass is 260 g/mol. The van der Waals surface area contributed by atoms with Gasteiger partial charge in [-0.25, -0.2) is 0 Å². The summed E-state index contributed by atoms with van der Waals surface area (Å²) < 4.78 is 0. The molecule has 0 saturated heterocycles. The molecule has 1 aromatic rings. The minimum Gasteiger partial charge on any atom is -0.317 e. The Bertz CT molecular complexity index is 410. The molecular formula is C17H28N2. The van der Waals surface area contributed by atoms with Crippen molar-refractivity contribution in [3.05, 3.63) is 34.9 Å². The van der Waals surface area contributed by atoms with E-state index in [9.17, 15) is 0 Å². The third-order valence-corrected chi connectivity index (χ3v) is 4.71. The van der Waals surface area contributed by atoms with Gasteiger partial charge in [-0.05, 0) is 63.0 Å². The third kappa shape index (κ3) is 3.18. The first-order valence-corrected chi connectivity index (χ1v) is 7.72. The number of nitrogens with zero attached hydrogens (tertiary/aromatic N) is 1. The van der Waals surface area contributed by atoms with Gasteiger partial charge < -0.3 is 5.32 Å². The first kappa shape index (κ1) is 14.5. The Morgan fingerprint density at radius 2 is 2.00 bits per heavy atom.